The van der Waals surface area contributed by atoms with Gasteiger partial charge < -0.3 is 25.7 Å². The third-order valence-corrected chi connectivity index (χ3v) is 4.26. The van der Waals surface area contributed by atoms with Crippen LogP contribution < -0.4 is 11.1 Å². The predicted molar refractivity (Wildman–Crippen MR) is 92.5 cm³/mol. The van der Waals surface area contributed by atoms with Crippen LogP contribution in [0.15, 0.2) is 18.2 Å². The number of nitrogens with zero attached hydrogens (tertiary/aromatic N) is 2. The number of nitrogens with one attached hydrogen (secondary N) is 2. The highest BCUT2D eigenvalue weighted by Crippen LogP contribution is 2.17. The van der Waals surface area contributed by atoms with Gasteiger partial charge in [-0.3, -0.25) is 9.59 Å². The number of nitrogens with two attached hydrogens (primary N) is 1. The Balaban J connectivity index is 1.56. The molecule has 1 aliphatic rings. The van der Waals surface area contributed by atoms with Crippen LogP contribution >= 0.6 is 0 Å². The Kier molecular flexibility index (Phi) is 5.48. The molecule has 1 aromatic heterocycles. The summed E-state index contributed by atoms with van der Waals surface area (Å²) in [6.45, 7) is 2.53. The zero-order chi connectivity index (χ0) is 18.7. The largest absolute Gasteiger partial charge is 0.364 e. The van der Waals surface area contributed by atoms with Crippen LogP contribution in [0.5, 0.6) is 0 Å². The van der Waals surface area contributed by atoms with Crippen molar-refractivity contribution in [2.75, 3.05) is 19.7 Å². The van der Waals surface area contributed by atoms with Crippen molar-refractivity contribution in [1.29, 1.82) is 0 Å². The second kappa shape index (κ2) is 7.79. The van der Waals surface area contributed by atoms with E-state index in [1.54, 1.807) is 6.07 Å². The number of aromatic nitrogens is 2. The highest BCUT2D eigenvalue weighted by atomic mass is 19.1. The number of likely N-dealkylation sites (tertiary alicyclic amines) is 1. The second-order valence-electron chi connectivity index (χ2n) is 6.29. The first-order valence-corrected chi connectivity index (χ1v) is 8.52. The van der Waals surface area contributed by atoms with Crippen LogP contribution in [0.2, 0.25) is 0 Å². The van der Waals surface area contributed by atoms with Crippen molar-refractivity contribution < 1.29 is 18.7 Å². The fraction of sp³-hybridized carbons (Fsp3) is 0.471. The van der Waals surface area contributed by atoms with Crippen LogP contribution in [-0.2, 0) is 20.9 Å². The quantitative estimate of drug-likeness (QED) is 0.682. The van der Waals surface area contributed by atoms with E-state index in [-0.39, 0.29) is 36.9 Å². The maximum atomic E-state index is 13.2. The van der Waals surface area contributed by atoms with Crippen molar-refractivity contribution in [2.24, 2.45) is 5.73 Å². The average molecular weight is 363 g/mol. The monoisotopic (exact) mass is 363 g/mol. The standard InChI is InChI=1S/C17H22FN5O3/c1-2-20-17(25)14-6-11(19)7-23(14)16(24)9-26-8-15-21-12-4-3-10(18)5-13(12)22-15/h3-5,11,14H,2,6-9,19H2,1H3,(H,20,25)(H,21,22)/t11-,14-/m0/s1. The molecule has 1 fully saturated rings. The number of aromatic amines is 1. The number of hydrogen-bond acceptors (Lipinski definition) is 5. The summed E-state index contributed by atoms with van der Waals surface area (Å²) < 4.78 is 18.6. The molecule has 1 aliphatic heterocycles. The van der Waals surface area contributed by atoms with Gasteiger partial charge in [0.25, 0.3) is 0 Å². The minimum Gasteiger partial charge on any atom is -0.364 e. The number of imidazole rings is 1. The highest BCUT2D eigenvalue weighted by molar-refractivity contribution is 5.88. The van der Waals surface area contributed by atoms with Gasteiger partial charge in [-0.2, -0.15) is 0 Å². The van der Waals surface area contributed by atoms with E-state index in [1.165, 1.54) is 17.0 Å². The number of benzene rings is 1. The van der Waals surface area contributed by atoms with Crippen LogP contribution in [0.1, 0.15) is 19.2 Å². The summed E-state index contributed by atoms with van der Waals surface area (Å²) in [6, 6.07) is 3.46. The summed E-state index contributed by atoms with van der Waals surface area (Å²) in [4.78, 5) is 33.2. The van der Waals surface area contributed by atoms with Crippen molar-refractivity contribution in [1.82, 2.24) is 20.2 Å². The van der Waals surface area contributed by atoms with Crippen LogP contribution in [0.25, 0.3) is 11.0 Å². The lowest BCUT2D eigenvalue weighted by Crippen LogP contribution is -2.47. The predicted octanol–water partition coefficient (Wildman–Crippen LogP) is 0.283. The van der Waals surface area contributed by atoms with E-state index in [2.05, 4.69) is 15.3 Å². The molecule has 2 heterocycles. The molecule has 9 heteroatoms. The Bertz CT molecular complexity index is 809. The molecule has 1 saturated heterocycles. The van der Waals surface area contributed by atoms with Gasteiger partial charge in [0.15, 0.2) is 0 Å². The summed E-state index contributed by atoms with van der Waals surface area (Å²) in [5, 5.41) is 2.72. The SMILES string of the molecule is CCNC(=O)[C@@H]1C[C@H](N)CN1C(=O)COCc1nc2ccc(F)cc2[nH]1. The molecule has 2 atom stereocenters. The molecule has 0 bridgehead atoms. The van der Waals surface area contributed by atoms with Gasteiger partial charge in [0, 0.05) is 19.1 Å². The maximum Gasteiger partial charge on any atom is 0.249 e. The molecule has 0 aliphatic carbocycles. The molecule has 26 heavy (non-hydrogen) atoms. The summed E-state index contributed by atoms with van der Waals surface area (Å²) in [6.07, 6.45) is 0.437. The number of carbonyl (C=O) groups excluding carboxylic acids is 2. The minimum atomic E-state index is -0.560. The van der Waals surface area contributed by atoms with Crippen molar-refractivity contribution in [3.63, 3.8) is 0 Å². The number of likely N-dealkylation sites (N-methyl/N-ethyl adjacent to an activating group) is 1. The Morgan fingerprint density at radius 3 is 3.08 bits per heavy atom. The number of rotatable bonds is 6. The lowest BCUT2D eigenvalue weighted by atomic mass is 10.1. The van der Waals surface area contributed by atoms with E-state index in [4.69, 9.17) is 10.5 Å². The topological polar surface area (TPSA) is 113 Å². The van der Waals surface area contributed by atoms with Crippen LogP contribution in [0.3, 0.4) is 0 Å². The second-order valence-corrected chi connectivity index (χ2v) is 6.29. The molecular formula is C17H22FN5O3. The van der Waals surface area contributed by atoms with Gasteiger partial charge in [-0.25, -0.2) is 9.37 Å². The van der Waals surface area contributed by atoms with Gasteiger partial charge >= 0.3 is 0 Å². The van der Waals surface area contributed by atoms with Crippen molar-refractivity contribution in [3.8, 4) is 0 Å². The summed E-state index contributed by atoms with van der Waals surface area (Å²) in [5.41, 5.74) is 7.09. The van der Waals surface area contributed by atoms with Crippen molar-refractivity contribution in [3.05, 3.63) is 29.8 Å². The number of hydrogen-bond donors (Lipinski definition) is 3. The molecule has 1 aromatic carbocycles. The normalized spacial score (nSPS) is 19.9. The van der Waals surface area contributed by atoms with E-state index in [1.807, 2.05) is 6.92 Å². The van der Waals surface area contributed by atoms with Crippen LogP contribution in [0.4, 0.5) is 4.39 Å². The summed E-state index contributed by atoms with van der Waals surface area (Å²) >= 11 is 0. The third-order valence-electron chi connectivity index (χ3n) is 4.26. The molecular weight excluding hydrogens is 341 g/mol. The lowest BCUT2D eigenvalue weighted by Gasteiger charge is -2.23. The fourth-order valence-corrected chi connectivity index (χ4v) is 3.11. The Hall–Kier alpha value is -2.52. The molecule has 2 amide bonds. The van der Waals surface area contributed by atoms with Gasteiger partial charge in [0.2, 0.25) is 11.8 Å². The van der Waals surface area contributed by atoms with E-state index >= 15 is 0 Å². The molecule has 0 unspecified atom stereocenters. The summed E-state index contributed by atoms with van der Waals surface area (Å²) in [5.74, 6) is -0.355. The van der Waals surface area contributed by atoms with Gasteiger partial charge in [-0.15, -0.1) is 0 Å². The van der Waals surface area contributed by atoms with Gasteiger partial charge in [-0.1, -0.05) is 0 Å². The Morgan fingerprint density at radius 1 is 1.50 bits per heavy atom. The maximum absolute atomic E-state index is 13.2. The zero-order valence-corrected chi connectivity index (χ0v) is 14.5. The minimum absolute atomic E-state index is 0.0771. The van der Waals surface area contributed by atoms with Gasteiger partial charge in [-0.05, 0) is 31.5 Å². The number of H-pyrrole nitrogens is 1. The third kappa shape index (κ3) is 4.00. The highest BCUT2D eigenvalue weighted by Gasteiger charge is 2.37. The van der Waals surface area contributed by atoms with Gasteiger partial charge in [0.05, 0.1) is 11.0 Å². The smallest absolute Gasteiger partial charge is 0.249 e. The average Bonchev–Trinajstić information content (AvgIpc) is 3.17. The number of ether oxygens (including phenoxy) is 1. The molecule has 0 radical (unpaired) electrons. The molecule has 0 spiro atoms. The number of halogens is 1. The van der Waals surface area contributed by atoms with Gasteiger partial charge in [0.1, 0.15) is 30.9 Å². The first-order valence-electron chi connectivity index (χ1n) is 8.52. The molecule has 2 aromatic rings. The van der Waals surface area contributed by atoms with Crippen LogP contribution in [-0.4, -0.2) is 58.5 Å². The van der Waals surface area contributed by atoms with Crippen molar-refractivity contribution in [2.45, 2.75) is 32.0 Å². The number of amides is 2. The van der Waals surface area contributed by atoms with Crippen LogP contribution in [0, 0.1) is 5.82 Å². The molecule has 3 rings (SSSR count). The zero-order valence-electron chi connectivity index (χ0n) is 14.5. The first kappa shape index (κ1) is 18.3. The van der Waals surface area contributed by atoms with E-state index < -0.39 is 6.04 Å². The van der Waals surface area contributed by atoms with E-state index in [0.29, 0.717) is 36.4 Å². The number of carbonyl (C=O) groups is 2. The fourth-order valence-electron chi connectivity index (χ4n) is 3.11. The number of fused-ring (bicyclic) bond motifs is 1. The van der Waals surface area contributed by atoms with E-state index in [9.17, 15) is 14.0 Å². The first-order chi connectivity index (χ1) is 12.5. The molecule has 140 valence electrons. The molecule has 0 saturated carbocycles. The van der Waals surface area contributed by atoms with Crippen molar-refractivity contribution >= 4 is 22.8 Å². The molecule has 4 N–H and O–H groups in total. The molecule has 8 nitrogen and oxygen atoms in total. The van der Waals surface area contributed by atoms with E-state index in [0.717, 1.165) is 0 Å². The lowest BCUT2D eigenvalue weighted by molar-refractivity contribution is -0.142. The Labute approximate surface area is 149 Å². The summed E-state index contributed by atoms with van der Waals surface area (Å²) in [7, 11) is 0. The Morgan fingerprint density at radius 2 is 2.31 bits per heavy atom.